The van der Waals surface area contributed by atoms with Crippen molar-refractivity contribution in [2.75, 3.05) is 11.1 Å². The van der Waals surface area contributed by atoms with E-state index in [-0.39, 0.29) is 17.2 Å². The number of anilines is 1. The first-order chi connectivity index (χ1) is 13.1. The van der Waals surface area contributed by atoms with Crippen LogP contribution in [0.5, 0.6) is 0 Å². The summed E-state index contributed by atoms with van der Waals surface area (Å²) < 4.78 is 0. The summed E-state index contributed by atoms with van der Waals surface area (Å²) in [5.74, 6) is -0.0978. The van der Waals surface area contributed by atoms with Gasteiger partial charge in [-0.25, -0.2) is 4.98 Å². The van der Waals surface area contributed by atoms with E-state index in [0.29, 0.717) is 16.4 Å². The van der Waals surface area contributed by atoms with E-state index in [1.54, 1.807) is 35.6 Å². The molecular weight excluding hydrogens is 380 g/mol. The van der Waals surface area contributed by atoms with Crippen molar-refractivity contribution in [3.05, 3.63) is 50.6 Å². The maximum absolute atomic E-state index is 12.5. The summed E-state index contributed by atoms with van der Waals surface area (Å²) in [5.41, 5.74) is 2.09. The molecule has 0 saturated carbocycles. The molecule has 0 saturated heterocycles. The fourth-order valence-corrected chi connectivity index (χ4v) is 5.19. The van der Waals surface area contributed by atoms with Gasteiger partial charge in [0, 0.05) is 10.6 Å². The van der Waals surface area contributed by atoms with E-state index in [0.717, 1.165) is 41.5 Å². The molecule has 0 radical (unpaired) electrons. The van der Waals surface area contributed by atoms with E-state index in [9.17, 15) is 9.59 Å². The number of fused-ring (bicyclic) bond motifs is 3. The summed E-state index contributed by atoms with van der Waals surface area (Å²) in [4.78, 5) is 34.1. The SMILES string of the molecule is N#Cc1cccc(NC(=O)CSc2nc3sc4c(c3c(=O)[nH]2)CCCC4)c1. The van der Waals surface area contributed by atoms with Gasteiger partial charge >= 0.3 is 0 Å². The number of aromatic amines is 1. The fraction of sp³-hybridized carbons (Fsp3) is 0.263. The second-order valence-corrected chi connectivity index (χ2v) is 8.34. The molecule has 8 heteroatoms. The summed E-state index contributed by atoms with van der Waals surface area (Å²) in [6.07, 6.45) is 4.23. The van der Waals surface area contributed by atoms with Gasteiger partial charge in [-0.05, 0) is 49.4 Å². The number of nitriles is 1. The number of hydrogen-bond donors (Lipinski definition) is 2. The van der Waals surface area contributed by atoms with E-state index < -0.39 is 0 Å². The lowest BCUT2D eigenvalue weighted by molar-refractivity contribution is -0.113. The lowest BCUT2D eigenvalue weighted by Crippen LogP contribution is -2.15. The average molecular weight is 396 g/mol. The third kappa shape index (κ3) is 3.75. The molecule has 0 unspecified atom stereocenters. The molecule has 0 spiro atoms. The van der Waals surface area contributed by atoms with Crippen LogP contribution >= 0.6 is 23.1 Å². The summed E-state index contributed by atoms with van der Waals surface area (Å²) in [7, 11) is 0. The zero-order chi connectivity index (χ0) is 18.8. The zero-order valence-electron chi connectivity index (χ0n) is 14.4. The molecule has 27 heavy (non-hydrogen) atoms. The molecule has 0 atom stereocenters. The van der Waals surface area contributed by atoms with Gasteiger partial charge in [0.05, 0.1) is 22.8 Å². The number of amides is 1. The third-order valence-electron chi connectivity index (χ3n) is 4.42. The summed E-state index contributed by atoms with van der Waals surface area (Å²) in [6.45, 7) is 0. The Kier molecular flexibility index (Phi) is 4.97. The van der Waals surface area contributed by atoms with Crippen molar-refractivity contribution in [2.45, 2.75) is 30.8 Å². The van der Waals surface area contributed by atoms with Gasteiger partial charge in [-0.1, -0.05) is 17.8 Å². The quantitative estimate of drug-likeness (QED) is 0.520. The molecule has 136 valence electrons. The van der Waals surface area contributed by atoms with Gasteiger partial charge in [0.15, 0.2) is 5.16 Å². The summed E-state index contributed by atoms with van der Waals surface area (Å²) in [5, 5.41) is 12.8. The van der Waals surface area contributed by atoms with E-state index in [1.807, 2.05) is 6.07 Å². The topological polar surface area (TPSA) is 98.6 Å². The highest BCUT2D eigenvalue weighted by molar-refractivity contribution is 7.99. The average Bonchev–Trinajstić information content (AvgIpc) is 3.05. The Morgan fingerprint density at radius 3 is 3.07 bits per heavy atom. The van der Waals surface area contributed by atoms with Crippen LogP contribution in [0.25, 0.3) is 10.2 Å². The smallest absolute Gasteiger partial charge is 0.260 e. The summed E-state index contributed by atoms with van der Waals surface area (Å²) >= 11 is 2.79. The monoisotopic (exact) mass is 396 g/mol. The predicted octanol–water partition coefficient (Wildman–Crippen LogP) is 3.47. The zero-order valence-corrected chi connectivity index (χ0v) is 16.0. The maximum atomic E-state index is 12.5. The van der Waals surface area contributed by atoms with Gasteiger partial charge < -0.3 is 10.3 Å². The molecule has 1 aromatic carbocycles. The number of H-pyrrole nitrogens is 1. The number of aromatic nitrogens is 2. The molecular formula is C19H16N4O2S2. The van der Waals surface area contributed by atoms with Crippen LogP contribution in [-0.4, -0.2) is 21.6 Å². The standard InChI is InChI=1S/C19H16N4O2S2/c20-9-11-4-3-5-12(8-11)21-15(24)10-26-19-22-17(25)16-13-6-1-2-7-14(13)27-18(16)23-19/h3-5,8H,1-2,6-7,10H2,(H,21,24)(H,22,23,25). The van der Waals surface area contributed by atoms with Crippen LogP contribution in [0.15, 0.2) is 34.2 Å². The van der Waals surface area contributed by atoms with E-state index in [1.165, 1.54) is 16.6 Å². The molecule has 3 aromatic rings. The molecule has 2 heterocycles. The van der Waals surface area contributed by atoms with E-state index >= 15 is 0 Å². The Bertz CT molecular complexity index is 1130. The molecule has 2 aromatic heterocycles. The molecule has 0 fully saturated rings. The summed E-state index contributed by atoms with van der Waals surface area (Å²) in [6, 6.07) is 8.77. The highest BCUT2D eigenvalue weighted by atomic mass is 32.2. The number of nitrogens with one attached hydrogen (secondary N) is 2. The van der Waals surface area contributed by atoms with Crippen molar-refractivity contribution >= 4 is 44.9 Å². The number of thioether (sulfide) groups is 1. The van der Waals surface area contributed by atoms with Crippen molar-refractivity contribution < 1.29 is 4.79 Å². The van der Waals surface area contributed by atoms with Crippen LogP contribution < -0.4 is 10.9 Å². The molecule has 0 aliphatic heterocycles. The molecule has 1 aliphatic rings. The van der Waals surface area contributed by atoms with Crippen LogP contribution in [-0.2, 0) is 17.6 Å². The van der Waals surface area contributed by atoms with Crippen LogP contribution in [0.2, 0.25) is 0 Å². The lowest BCUT2D eigenvalue weighted by atomic mass is 9.97. The van der Waals surface area contributed by atoms with Gasteiger partial charge in [0.2, 0.25) is 5.91 Å². The maximum Gasteiger partial charge on any atom is 0.260 e. The predicted molar refractivity (Wildman–Crippen MR) is 107 cm³/mol. The van der Waals surface area contributed by atoms with Crippen molar-refractivity contribution in [1.29, 1.82) is 5.26 Å². The number of hydrogen-bond acceptors (Lipinski definition) is 6. The first kappa shape index (κ1) is 17.8. The lowest BCUT2D eigenvalue weighted by Gasteiger charge is -2.09. The highest BCUT2D eigenvalue weighted by Gasteiger charge is 2.20. The van der Waals surface area contributed by atoms with Gasteiger partial charge in [-0.2, -0.15) is 5.26 Å². The number of benzene rings is 1. The molecule has 4 rings (SSSR count). The first-order valence-corrected chi connectivity index (χ1v) is 10.4. The highest BCUT2D eigenvalue weighted by Crippen LogP contribution is 2.34. The van der Waals surface area contributed by atoms with Crippen LogP contribution in [0.3, 0.4) is 0 Å². The molecule has 0 bridgehead atoms. The Morgan fingerprint density at radius 1 is 1.37 bits per heavy atom. The number of thiophene rings is 1. The van der Waals surface area contributed by atoms with Crippen LogP contribution in [0, 0.1) is 11.3 Å². The third-order valence-corrected chi connectivity index (χ3v) is 6.48. The van der Waals surface area contributed by atoms with Gasteiger partial charge in [-0.15, -0.1) is 11.3 Å². The van der Waals surface area contributed by atoms with Crippen LogP contribution in [0.4, 0.5) is 5.69 Å². The minimum Gasteiger partial charge on any atom is -0.325 e. The second-order valence-electron chi connectivity index (χ2n) is 6.29. The van der Waals surface area contributed by atoms with E-state index in [4.69, 9.17) is 5.26 Å². The minimum absolute atomic E-state index is 0.121. The Balaban J connectivity index is 1.48. The van der Waals surface area contributed by atoms with Gasteiger partial charge in [0.1, 0.15) is 4.83 Å². The number of nitrogens with zero attached hydrogens (tertiary/aromatic N) is 2. The van der Waals surface area contributed by atoms with Crippen molar-refractivity contribution in [3.8, 4) is 6.07 Å². The minimum atomic E-state index is -0.219. The number of carbonyl (C=O) groups is 1. The Labute approximate surface area is 163 Å². The Morgan fingerprint density at radius 2 is 2.22 bits per heavy atom. The molecule has 1 aliphatic carbocycles. The van der Waals surface area contributed by atoms with E-state index in [2.05, 4.69) is 15.3 Å². The van der Waals surface area contributed by atoms with Gasteiger partial charge in [0.25, 0.3) is 5.56 Å². The number of aryl methyl sites for hydroxylation is 2. The molecule has 1 amide bonds. The van der Waals surface area contributed by atoms with Crippen molar-refractivity contribution in [2.24, 2.45) is 0 Å². The van der Waals surface area contributed by atoms with Crippen molar-refractivity contribution in [3.63, 3.8) is 0 Å². The van der Waals surface area contributed by atoms with Crippen molar-refractivity contribution in [1.82, 2.24) is 9.97 Å². The first-order valence-electron chi connectivity index (χ1n) is 8.61. The number of rotatable bonds is 4. The fourth-order valence-electron chi connectivity index (χ4n) is 3.21. The largest absolute Gasteiger partial charge is 0.325 e. The van der Waals surface area contributed by atoms with Gasteiger partial charge in [-0.3, -0.25) is 9.59 Å². The Hall–Kier alpha value is -2.63. The number of carbonyl (C=O) groups excluding carboxylic acids is 1. The van der Waals surface area contributed by atoms with Crippen LogP contribution in [0.1, 0.15) is 28.8 Å². The molecule has 2 N–H and O–H groups in total. The normalized spacial score (nSPS) is 13.1. The molecule has 6 nitrogen and oxygen atoms in total. The second kappa shape index (κ2) is 7.55.